The molecule has 1 N–H and O–H groups in total. The van der Waals surface area contributed by atoms with Crippen LogP contribution in [0.2, 0.25) is 0 Å². The third-order valence-electron chi connectivity index (χ3n) is 5.99. The van der Waals surface area contributed by atoms with Gasteiger partial charge in [-0.15, -0.1) is 0 Å². The fourth-order valence-electron chi connectivity index (χ4n) is 4.39. The molecule has 0 saturated heterocycles. The highest BCUT2D eigenvalue weighted by molar-refractivity contribution is 5.95. The summed E-state index contributed by atoms with van der Waals surface area (Å²) in [4.78, 5) is 31.8. The van der Waals surface area contributed by atoms with E-state index in [9.17, 15) is 4.79 Å². The fourth-order valence-corrected chi connectivity index (χ4v) is 4.39. The second-order valence-electron chi connectivity index (χ2n) is 7.98. The zero-order valence-corrected chi connectivity index (χ0v) is 17.5. The quantitative estimate of drug-likeness (QED) is 0.509. The molecule has 158 valence electrons. The van der Waals surface area contributed by atoms with Crippen molar-refractivity contribution in [2.45, 2.75) is 45.2 Å². The van der Waals surface area contributed by atoms with Gasteiger partial charge in [-0.25, -0.2) is 9.97 Å². The number of hydrogen-bond donors (Lipinski definition) is 1. The summed E-state index contributed by atoms with van der Waals surface area (Å²) in [5.74, 6) is 0.369. The number of imidazole rings is 1. The number of H-pyrrole nitrogens is 1. The first-order valence-electron chi connectivity index (χ1n) is 10.8. The normalized spacial score (nSPS) is 18.1. The molecule has 0 radical (unpaired) electrons. The molecule has 2 aromatic heterocycles. The van der Waals surface area contributed by atoms with Crippen molar-refractivity contribution in [3.8, 4) is 0 Å². The van der Waals surface area contributed by atoms with Gasteiger partial charge in [-0.1, -0.05) is 18.2 Å². The standard InChI is InChI=1S/C24H25N5O2/c1-2-29(24(30)23-27-19-8-3-4-9-20(19)28-23)18-7-5-6-17(13-18)25-14-16-10-11-21-22(12-16)31-15-26-21/h3-4,8-12,15,18H,2,5-7,13-14H2,1H3,(H,27,28)/t18-/m0/s1. The van der Waals surface area contributed by atoms with E-state index in [1.165, 1.54) is 12.1 Å². The first-order chi connectivity index (χ1) is 15.2. The maximum atomic E-state index is 13.2. The number of carbonyl (C=O) groups is 1. The van der Waals surface area contributed by atoms with Gasteiger partial charge in [0.1, 0.15) is 5.52 Å². The lowest BCUT2D eigenvalue weighted by Crippen LogP contribution is -2.43. The smallest absolute Gasteiger partial charge is 0.289 e. The number of fused-ring (bicyclic) bond motifs is 2. The molecule has 7 heteroatoms. The molecule has 7 nitrogen and oxygen atoms in total. The van der Waals surface area contributed by atoms with Crippen LogP contribution in [0, 0.1) is 0 Å². The number of carbonyl (C=O) groups excluding carboxylic acids is 1. The van der Waals surface area contributed by atoms with E-state index < -0.39 is 0 Å². The van der Waals surface area contributed by atoms with Crippen LogP contribution in [0.25, 0.3) is 22.1 Å². The van der Waals surface area contributed by atoms with E-state index in [1.54, 1.807) is 0 Å². The molecule has 1 saturated carbocycles. The third-order valence-corrected chi connectivity index (χ3v) is 5.99. The molecule has 31 heavy (non-hydrogen) atoms. The second kappa shape index (κ2) is 8.34. The summed E-state index contributed by atoms with van der Waals surface area (Å²) in [6, 6.07) is 13.9. The van der Waals surface area contributed by atoms with Gasteiger partial charge in [0.2, 0.25) is 0 Å². The number of amides is 1. The molecular weight excluding hydrogens is 390 g/mol. The van der Waals surface area contributed by atoms with Gasteiger partial charge in [-0.2, -0.15) is 0 Å². The lowest BCUT2D eigenvalue weighted by Gasteiger charge is -2.33. The van der Waals surface area contributed by atoms with Gasteiger partial charge in [0.25, 0.3) is 5.91 Å². The van der Waals surface area contributed by atoms with Gasteiger partial charge < -0.3 is 14.3 Å². The van der Waals surface area contributed by atoms with Crippen molar-refractivity contribution in [2.75, 3.05) is 6.54 Å². The summed E-state index contributed by atoms with van der Waals surface area (Å²) >= 11 is 0. The predicted molar refractivity (Wildman–Crippen MR) is 120 cm³/mol. The third kappa shape index (κ3) is 3.95. The number of nitrogens with zero attached hydrogens (tertiary/aromatic N) is 4. The Morgan fingerprint density at radius 2 is 2.16 bits per heavy atom. The van der Waals surface area contributed by atoms with E-state index >= 15 is 0 Å². The van der Waals surface area contributed by atoms with Crippen LogP contribution in [0.15, 0.2) is 58.3 Å². The molecule has 5 rings (SSSR count). The summed E-state index contributed by atoms with van der Waals surface area (Å²) in [5.41, 5.74) is 5.62. The minimum atomic E-state index is -0.0410. The van der Waals surface area contributed by atoms with Crippen molar-refractivity contribution in [1.29, 1.82) is 0 Å². The summed E-state index contributed by atoms with van der Waals surface area (Å²) in [7, 11) is 0. The number of benzene rings is 2. The van der Waals surface area contributed by atoms with Crippen LogP contribution in [-0.2, 0) is 6.54 Å². The van der Waals surface area contributed by atoms with Crippen molar-refractivity contribution in [2.24, 2.45) is 4.99 Å². The average molecular weight is 415 g/mol. The highest BCUT2D eigenvalue weighted by Crippen LogP contribution is 2.24. The van der Waals surface area contributed by atoms with Crippen LogP contribution in [0.1, 0.15) is 48.8 Å². The molecule has 0 aliphatic heterocycles. The van der Waals surface area contributed by atoms with Crippen LogP contribution in [-0.4, -0.2) is 44.1 Å². The number of para-hydroxylation sites is 2. The number of rotatable bonds is 5. The first-order valence-corrected chi connectivity index (χ1v) is 10.8. The number of nitrogens with one attached hydrogen (secondary N) is 1. The van der Waals surface area contributed by atoms with E-state index in [4.69, 9.17) is 9.41 Å². The minimum absolute atomic E-state index is 0.0410. The molecule has 4 aromatic rings. The fraction of sp³-hybridized carbons (Fsp3) is 0.333. The minimum Gasteiger partial charge on any atom is -0.443 e. The second-order valence-corrected chi connectivity index (χ2v) is 7.98. The van der Waals surface area contributed by atoms with Crippen molar-refractivity contribution in [1.82, 2.24) is 19.9 Å². The van der Waals surface area contributed by atoms with Crippen LogP contribution < -0.4 is 0 Å². The van der Waals surface area contributed by atoms with Gasteiger partial charge in [-0.05, 0) is 56.0 Å². The zero-order valence-electron chi connectivity index (χ0n) is 17.5. The Kier molecular flexibility index (Phi) is 5.24. The van der Waals surface area contributed by atoms with Gasteiger partial charge in [0.15, 0.2) is 17.8 Å². The number of aromatic amines is 1. The number of aromatic nitrogens is 3. The molecule has 1 aliphatic carbocycles. The van der Waals surface area contributed by atoms with E-state index in [2.05, 4.69) is 15.0 Å². The summed E-state index contributed by atoms with van der Waals surface area (Å²) < 4.78 is 5.39. The van der Waals surface area contributed by atoms with Crippen molar-refractivity contribution in [3.63, 3.8) is 0 Å². The Hall–Kier alpha value is -3.48. The number of hydrogen-bond acceptors (Lipinski definition) is 5. The Bertz CT molecular complexity index is 1220. The van der Waals surface area contributed by atoms with E-state index in [0.29, 0.717) is 18.9 Å². The van der Waals surface area contributed by atoms with Crippen molar-refractivity contribution >= 4 is 33.8 Å². The molecule has 0 bridgehead atoms. The van der Waals surface area contributed by atoms with Gasteiger partial charge in [0, 0.05) is 24.7 Å². The summed E-state index contributed by atoms with van der Waals surface area (Å²) in [6.07, 6.45) is 5.28. The molecule has 1 fully saturated rings. The number of oxazole rings is 1. The SMILES string of the molecule is CCN(C(=O)c1nc2ccccc2[nH]1)[C@H]1CCCC(=NCc2ccc3ncoc3c2)C1. The van der Waals surface area contributed by atoms with Gasteiger partial charge in [0.05, 0.1) is 17.6 Å². The van der Waals surface area contributed by atoms with Crippen molar-refractivity contribution < 1.29 is 9.21 Å². The zero-order chi connectivity index (χ0) is 21.2. The summed E-state index contributed by atoms with van der Waals surface area (Å²) in [6.45, 7) is 3.29. The van der Waals surface area contributed by atoms with Gasteiger partial charge in [-0.3, -0.25) is 9.79 Å². The van der Waals surface area contributed by atoms with Crippen LogP contribution in [0.3, 0.4) is 0 Å². The molecule has 0 spiro atoms. The van der Waals surface area contributed by atoms with Crippen molar-refractivity contribution in [3.05, 3.63) is 60.2 Å². The maximum absolute atomic E-state index is 13.2. The number of aliphatic imine (C=N–C) groups is 1. The Labute approximate surface area is 180 Å². The molecule has 2 aromatic carbocycles. The van der Waals surface area contributed by atoms with Crippen LogP contribution >= 0.6 is 0 Å². The lowest BCUT2D eigenvalue weighted by atomic mass is 9.92. The molecule has 2 heterocycles. The van der Waals surface area contributed by atoms with E-state index in [-0.39, 0.29) is 11.9 Å². The Morgan fingerprint density at radius 1 is 1.26 bits per heavy atom. The molecule has 1 amide bonds. The maximum Gasteiger partial charge on any atom is 0.289 e. The largest absolute Gasteiger partial charge is 0.443 e. The molecular formula is C24H25N5O2. The molecule has 1 aliphatic rings. The van der Waals surface area contributed by atoms with E-state index in [1.807, 2.05) is 54.3 Å². The average Bonchev–Trinajstić information content (AvgIpc) is 3.45. The monoisotopic (exact) mass is 415 g/mol. The molecule has 1 atom stereocenters. The van der Waals surface area contributed by atoms with Gasteiger partial charge >= 0.3 is 0 Å². The molecule has 0 unspecified atom stereocenters. The highest BCUT2D eigenvalue weighted by Gasteiger charge is 2.29. The summed E-state index contributed by atoms with van der Waals surface area (Å²) in [5, 5.41) is 0. The van der Waals surface area contributed by atoms with Crippen LogP contribution in [0.4, 0.5) is 0 Å². The first kappa shape index (κ1) is 19.5. The topological polar surface area (TPSA) is 87.4 Å². The Morgan fingerprint density at radius 3 is 3.03 bits per heavy atom. The lowest BCUT2D eigenvalue weighted by molar-refractivity contribution is 0.0667. The van der Waals surface area contributed by atoms with E-state index in [0.717, 1.165) is 53.4 Å². The predicted octanol–water partition coefficient (Wildman–Crippen LogP) is 4.75. The highest BCUT2D eigenvalue weighted by atomic mass is 16.3. The van der Waals surface area contributed by atoms with Crippen LogP contribution in [0.5, 0.6) is 0 Å². The Balaban J connectivity index is 1.30.